The van der Waals surface area contributed by atoms with Crippen molar-refractivity contribution in [3.63, 3.8) is 0 Å². The third kappa shape index (κ3) is 4.38. The molecule has 3 aromatic rings. The van der Waals surface area contributed by atoms with Crippen LogP contribution in [0.1, 0.15) is 50.4 Å². The van der Waals surface area contributed by atoms with Crippen molar-refractivity contribution in [3.8, 4) is 6.07 Å². The van der Waals surface area contributed by atoms with E-state index < -0.39 is 5.97 Å². The fourth-order valence-electron chi connectivity index (χ4n) is 5.65. The average Bonchev–Trinajstić information content (AvgIpc) is 3.48. The van der Waals surface area contributed by atoms with Crippen LogP contribution in [0.5, 0.6) is 0 Å². The highest BCUT2D eigenvalue weighted by Gasteiger charge is 2.40. The van der Waals surface area contributed by atoms with Crippen molar-refractivity contribution in [1.29, 1.82) is 5.26 Å². The minimum Gasteiger partial charge on any atom is -0.480 e. The Labute approximate surface area is 219 Å². The third-order valence-corrected chi connectivity index (χ3v) is 8.03. The molecule has 5 rings (SSSR count). The molecule has 188 valence electrons. The molecule has 2 aromatic heterocycles. The molecule has 2 aliphatic rings. The zero-order valence-electron chi connectivity index (χ0n) is 20.1. The van der Waals surface area contributed by atoms with E-state index in [2.05, 4.69) is 32.9 Å². The molecule has 0 bridgehead atoms. The quantitative estimate of drug-likeness (QED) is 0.520. The van der Waals surface area contributed by atoms with E-state index in [-0.39, 0.29) is 29.7 Å². The van der Waals surface area contributed by atoms with E-state index in [0.717, 1.165) is 38.0 Å². The molecule has 4 heterocycles. The summed E-state index contributed by atoms with van der Waals surface area (Å²) in [4.78, 5) is 25.5. The number of rotatable bonds is 5. The number of aromatic nitrogens is 4. The highest BCUT2D eigenvalue weighted by Crippen LogP contribution is 2.33. The van der Waals surface area contributed by atoms with E-state index in [1.54, 1.807) is 23.0 Å². The summed E-state index contributed by atoms with van der Waals surface area (Å²) in [5.74, 6) is 0.251. The van der Waals surface area contributed by atoms with Crippen molar-refractivity contribution in [2.75, 3.05) is 24.5 Å². The molecule has 0 amide bonds. The van der Waals surface area contributed by atoms with Gasteiger partial charge in [-0.3, -0.25) is 9.69 Å². The van der Waals surface area contributed by atoms with Crippen LogP contribution in [0.3, 0.4) is 0 Å². The first-order valence-corrected chi connectivity index (χ1v) is 12.9. The van der Waals surface area contributed by atoms with Crippen LogP contribution in [0.2, 0.25) is 10.0 Å². The van der Waals surface area contributed by atoms with Gasteiger partial charge in [0.25, 0.3) is 0 Å². The molecule has 11 heteroatoms. The number of carboxylic acids is 1. The molecule has 0 saturated carbocycles. The molecule has 2 aliphatic heterocycles. The second-order valence-corrected chi connectivity index (χ2v) is 10.5. The summed E-state index contributed by atoms with van der Waals surface area (Å²) >= 11 is 12.5. The van der Waals surface area contributed by atoms with Crippen molar-refractivity contribution in [2.24, 2.45) is 5.92 Å². The maximum Gasteiger partial charge on any atom is 0.320 e. The van der Waals surface area contributed by atoms with Gasteiger partial charge in [-0.2, -0.15) is 10.4 Å². The van der Waals surface area contributed by atoms with Gasteiger partial charge in [-0.1, -0.05) is 36.2 Å². The van der Waals surface area contributed by atoms with Crippen LogP contribution in [0.25, 0.3) is 11.2 Å². The highest BCUT2D eigenvalue weighted by molar-refractivity contribution is 6.35. The average molecular weight is 528 g/mol. The maximum atomic E-state index is 11.7. The van der Waals surface area contributed by atoms with E-state index >= 15 is 0 Å². The van der Waals surface area contributed by atoms with Crippen LogP contribution < -0.4 is 4.90 Å². The fourth-order valence-corrected chi connectivity index (χ4v) is 6.22. The Bertz CT molecular complexity index is 1350. The predicted octanol–water partition coefficient (Wildman–Crippen LogP) is 4.38. The Morgan fingerprint density at radius 2 is 2.08 bits per heavy atom. The van der Waals surface area contributed by atoms with Crippen molar-refractivity contribution in [1.82, 2.24) is 24.6 Å². The van der Waals surface area contributed by atoms with Crippen LogP contribution in [-0.4, -0.2) is 67.4 Å². The lowest BCUT2D eigenvalue weighted by molar-refractivity contribution is -0.143. The zero-order valence-corrected chi connectivity index (χ0v) is 21.6. The molecule has 0 spiro atoms. The lowest BCUT2D eigenvalue weighted by Gasteiger charge is -2.43. The van der Waals surface area contributed by atoms with E-state index in [9.17, 15) is 15.2 Å². The predicted molar refractivity (Wildman–Crippen MR) is 137 cm³/mol. The number of carbonyl (C=O) groups is 1. The minimum atomic E-state index is -0.727. The van der Waals surface area contributed by atoms with Crippen LogP contribution in [0.15, 0.2) is 24.4 Å². The fraction of sp³-hybridized carbons (Fsp3) is 0.480. The normalized spacial score (nSPS) is 23.6. The van der Waals surface area contributed by atoms with E-state index in [0.29, 0.717) is 33.4 Å². The summed E-state index contributed by atoms with van der Waals surface area (Å²) in [5, 5.41) is 24.8. The van der Waals surface area contributed by atoms with Gasteiger partial charge in [0.1, 0.15) is 23.4 Å². The van der Waals surface area contributed by atoms with E-state index in [4.69, 9.17) is 28.2 Å². The van der Waals surface area contributed by atoms with Gasteiger partial charge in [-0.15, -0.1) is 0 Å². The number of hydrogen-bond acceptors (Lipinski definition) is 7. The van der Waals surface area contributed by atoms with Gasteiger partial charge in [0.15, 0.2) is 11.3 Å². The molecule has 2 saturated heterocycles. The first-order valence-electron chi connectivity index (χ1n) is 12.1. The van der Waals surface area contributed by atoms with Crippen molar-refractivity contribution in [3.05, 3.63) is 45.7 Å². The Kier molecular flexibility index (Phi) is 6.77. The van der Waals surface area contributed by atoms with Gasteiger partial charge < -0.3 is 10.0 Å². The number of nitriles is 1. The monoisotopic (exact) mass is 527 g/mol. The van der Waals surface area contributed by atoms with Crippen LogP contribution in [0.4, 0.5) is 5.82 Å². The van der Waals surface area contributed by atoms with Gasteiger partial charge in [0, 0.05) is 29.2 Å². The van der Waals surface area contributed by atoms with Gasteiger partial charge in [0.05, 0.1) is 12.2 Å². The second-order valence-electron chi connectivity index (χ2n) is 9.66. The number of benzene rings is 1. The lowest BCUT2D eigenvalue weighted by atomic mass is 9.91. The first-order chi connectivity index (χ1) is 17.3. The number of likely N-dealkylation sites (tertiary alicyclic amines) is 1. The number of anilines is 1. The molecule has 2 fully saturated rings. The van der Waals surface area contributed by atoms with Crippen molar-refractivity contribution >= 4 is 46.2 Å². The maximum absolute atomic E-state index is 11.7. The van der Waals surface area contributed by atoms with Crippen LogP contribution in [0, 0.1) is 17.2 Å². The van der Waals surface area contributed by atoms with Crippen molar-refractivity contribution < 1.29 is 9.90 Å². The topological polar surface area (TPSA) is 111 Å². The van der Waals surface area contributed by atoms with Crippen LogP contribution in [-0.2, 0) is 4.79 Å². The number of fused-ring (bicyclic) bond motifs is 1. The molecule has 36 heavy (non-hydrogen) atoms. The molecule has 0 aliphatic carbocycles. The smallest absolute Gasteiger partial charge is 0.320 e. The Morgan fingerprint density at radius 1 is 1.28 bits per heavy atom. The van der Waals surface area contributed by atoms with Gasteiger partial charge >= 0.3 is 5.97 Å². The number of hydrogen-bond donors (Lipinski definition) is 1. The number of halogens is 2. The first kappa shape index (κ1) is 24.8. The number of nitrogens with zero attached hydrogens (tertiary/aromatic N) is 7. The summed E-state index contributed by atoms with van der Waals surface area (Å²) in [7, 11) is 0. The summed E-state index contributed by atoms with van der Waals surface area (Å²) in [6.07, 6.45) is 4.18. The second kappa shape index (κ2) is 9.85. The summed E-state index contributed by atoms with van der Waals surface area (Å²) in [6.45, 7) is 6.43. The van der Waals surface area contributed by atoms with E-state index in [1.165, 1.54) is 0 Å². The molecule has 9 nitrogen and oxygen atoms in total. The minimum absolute atomic E-state index is 0.210. The number of piperidine rings is 1. The van der Waals surface area contributed by atoms with Crippen LogP contribution >= 0.6 is 23.2 Å². The zero-order chi connectivity index (χ0) is 25.6. The van der Waals surface area contributed by atoms with E-state index in [1.807, 2.05) is 13.0 Å². The Morgan fingerprint density at radius 3 is 2.78 bits per heavy atom. The SMILES string of the molecule is CC1CN(c2cnc3c(C#N)nn(C(C)c4ccc(Cl)cc4Cl)c3n2)CCC1N1CCCC1C(=O)O. The summed E-state index contributed by atoms with van der Waals surface area (Å²) in [5.41, 5.74) is 1.99. The molecular formula is C25H27Cl2N7O2. The molecule has 4 unspecified atom stereocenters. The largest absolute Gasteiger partial charge is 0.480 e. The Hall–Kier alpha value is -2.93. The molecule has 1 N–H and O–H groups in total. The highest BCUT2D eigenvalue weighted by atomic mass is 35.5. The third-order valence-electron chi connectivity index (χ3n) is 7.47. The van der Waals surface area contributed by atoms with Gasteiger partial charge in [0.2, 0.25) is 0 Å². The standard InChI is InChI=1S/C25H27Cl2N7O2/c1-14-13-32(9-7-20(14)33-8-3-4-21(33)25(35)36)22-12-29-23-19(11-28)31-34(24(23)30-22)15(2)17-6-5-16(26)10-18(17)27/h5-6,10,12,14-15,20-21H,3-4,7-9,13H2,1-2H3,(H,35,36). The molecule has 0 radical (unpaired) electrons. The van der Waals surface area contributed by atoms with Crippen molar-refractivity contribution in [2.45, 2.75) is 51.2 Å². The number of aliphatic carboxylic acids is 1. The lowest BCUT2D eigenvalue weighted by Crippen LogP contribution is -2.53. The van der Waals surface area contributed by atoms with Gasteiger partial charge in [-0.05, 0) is 56.3 Å². The summed E-state index contributed by atoms with van der Waals surface area (Å²) < 4.78 is 1.69. The summed E-state index contributed by atoms with van der Waals surface area (Å²) in [6, 6.07) is 6.97. The Balaban J connectivity index is 1.43. The van der Waals surface area contributed by atoms with Gasteiger partial charge in [-0.25, -0.2) is 14.6 Å². The molecule has 4 atom stereocenters. The molecule has 1 aromatic carbocycles. The molecular weight excluding hydrogens is 501 g/mol. The number of carboxylic acid groups (broad SMARTS) is 1.